The van der Waals surface area contributed by atoms with Crippen LogP contribution in [0.5, 0.6) is 0 Å². The summed E-state index contributed by atoms with van der Waals surface area (Å²) in [6.07, 6.45) is 6.68. The molecule has 1 saturated heterocycles. The normalized spacial score (nSPS) is 26.1. The molecule has 2 aliphatic rings. The van der Waals surface area contributed by atoms with E-state index in [1.165, 1.54) is 32.1 Å². The number of rotatable bonds is 2. The predicted molar refractivity (Wildman–Crippen MR) is 98.5 cm³/mol. The topological polar surface area (TPSA) is 46.3 Å². The second kappa shape index (κ2) is 5.83. The molecule has 1 aromatic carbocycles. The van der Waals surface area contributed by atoms with E-state index in [0.29, 0.717) is 12.1 Å². The third kappa shape index (κ3) is 2.41. The van der Waals surface area contributed by atoms with Crippen LogP contribution in [0.3, 0.4) is 0 Å². The zero-order valence-corrected chi connectivity index (χ0v) is 14.5. The largest absolute Gasteiger partial charge is 0.349 e. The van der Waals surface area contributed by atoms with Gasteiger partial charge in [0, 0.05) is 17.6 Å². The van der Waals surface area contributed by atoms with Gasteiger partial charge in [-0.1, -0.05) is 43.2 Å². The van der Waals surface area contributed by atoms with Crippen molar-refractivity contribution in [3.8, 4) is 11.4 Å². The van der Waals surface area contributed by atoms with Crippen LogP contribution in [-0.2, 0) is 0 Å². The number of hydrogen-bond acceptors (Lipinski definition) is 4. The van der Waals surface area contributed by atoms with Crippen LogP contribution in [0.15, 0.2) is 42.5 Å². The molecule has 0 bridgehead atoms. The lowest BCUT2D eigenvalue weighted by molar-refractivity contribution is 0.341. The highest BCUT2D eigenvalue weighted by atomic mass is 15.4. The van der Waals surface area contributed by atoms with Crippen LogP contribution in [0.4, 0.5) is 5.82 Å². The summed E-state index contributed by atoms with van der Waals surface area (Å²) >= 11 is 0. The lowest BCUT2D eigenvalue weighted by atomic mass is 9.85. The highest BCUT2D eigenvalue weighted by Gasteiger charge is 2.40. The van der Waals surface area contributed by atoms with Crippen molar-refractivity contribution in [2.45, 2.75) is 51.1 Å². The average molecular weight is 333 g/mol. The summed E-state index contributed by atoms with van der Waals surface area (Å²) in [5.41, 5.74) is 1.85. The smallest absolute Gasteiger partial charge is 0.185 e. The Morgan fingerprint density at radius 3 is 2.68 bits per heavy atom. The van der Waals surface area contributed by atoms with Gasteiger partial charge in [0.25, 0.3) is 0 Å². The van der Waals surface area contributed by atoms with Crippen molar-refractivity contribution < 1.29 is 0 Å². The second-order valence-electron chi connectivity index (χ2n) is 7.46. The van der Waals surface area contributed by atoms with Crippen molar-refractivity contribution in [2.24, 2.45) is 5.92 Å². The Kier molecular flexibility index (Phi) is 3.47. The van der Waals surface area contributed by atoms with E-state index in [4.69, 9.17) is 5.10 Å². The molecule has 3 heterocycles. The molecule has 1 saturated carbocycles. The lowest BCUT2D eigenvalue weighted by Crippen LogP contribution is -2.38. The molecule has 3 unspecified atom stereocenters. The molecule has 3 atom stereocenters. The van der Waals surface area contributed by atoms with Crippen molar-refractivity contribution in [3.05, 3.63) is 42.5 Å². The van der Waals surface area contributed by atoms with Crippen LogP contribution in [0.1, 0.15) is 39.0 Å². The van der Waals surface area contributed by atoms with Crippen LogP contribution < -0.4 is 4.90 Å². The minimum atomic E-state index is 0.551. The molecule has 128 valence electrons. The highest BCUT2D eigenvalue weighted by molar-refractivity contribution is 5.59. The number of fused-ring (bicyclic) bond motifs is 2. The Labute approximate surface area is 147 Å². The molecule has 0 amide bonds. The van der Waals surface area contributed by atoms with Gasteiger partial charge in [0.1, 0.15) is 5.82 Å². The molecule has 5 nitrogen and oxygen atoms in total. The fraction of sp³-hybridized carbons (Fsp3) is 0.450. The molecule has 3 aromatic rings. The third-order valence-electron chi connectivity index (χ3n) is 5.89. The predicted octanol–water partition coefficient (Wildman–Crippen LogP) is 3.95. The van der Waals surface area contributed by atoms with Crippen LogP contribution >= 0.6 is 0 Å². The van der Waals surface area contributed by atoms with E-state index in [1.54, 1.807) is 0 Å². The Morgan fingerprint density at radius 2 is 1.80 bits per heavy atom. The zero-order valence-electron chi connectivity index (χ0n) is 14.5. The van der Waals surface area contributed by atoms with E-state index in [9.17, 15) is 0 Å². The number of anilines is 1. The van der Waals surface area contributed by atoms with Gasteiger partial charge in [-0.15, -0.1) is 15.3 Å². The van der Waals surface area contributed by atoms with Crippen molar-refractivity contribution in [1.82, 2.24) is 19.8 Å². The van der Waals surface area contributed by atoms with E-state index in [-0.39, 0.29) is 0 Å². The van der Waals surface area contributed by atoms with Gasteiger partial charge in [0.15, 0.2) is 11.5 Å². The number of benzene rings is 1. The SMILES string of the molecule is CC1CC2CCCCC2N1c1ccc2nnc(-c3ccccc3)n2n1. The van der Waals surface area contributed by atoms with Gasteiger partial charge < -0.3 is 4.90 Å². The first-order valence-corrected chi connectivity index (χ1v) is 9.37. The molecule has 25 heavy (non-hydrogen) atoms. The molecule has 0 N–H and O–H groups in total. The molecular weight excluding hydrogens is 310 g/mol. The van der Waals surface area contributed by atoms with Crippen molar-refractivity contribution in [2.75, 3.05) is 4.90 Å². The van der Waals surface area contributed by atoms with Gasteiger partial charge >= 0.3 is 0 Å². The number of aromatic nitrogens is 4. The van der Waals surface area contributed by atoms with Gasteiger partial charge in [0.05, 0.1) is 0 Å². The monoisotopic (exact) mass is 333 g/mol. The fourth-order valence-electron chi connectivity index (χ4n) is 4.79. The first kappa shape index (κ1) is 14.9. The maximum Gasteiger partial charge on any atom is 0.185 e. The first-order valence-electron chi connectivity index (χ1n) is 9.37. The summed E-state index contributed by atoms with van der Waals surface area (Å²) in [5, 5.41) is 13.6. The second-order valence-corrected chi connectivity index (χ2v) is 7.46. The Morgan fingerprint density at radius 1 is 0.960 bits per heavy atom. The average Bonchev–Trinajstić information content (AvgIpc) is 3.22. The zero-order chi connectivity index (χ0) is 16.8. The molecule has 2 fully saturated rings. The van der Waals surface area contributed by atoms with Gasteiger partial charge in [-0.05, 0) is 44.2 Å². The molecule has 5 heteroatoms. The lowest BCUT2D eigenvalue weighted by Gasteiger charge is -2.34. The fourth-order valence-corrected chi connectivity index (χ4v) is 4.79. The Balaban J connectivity index is 1.58. The van der Waals surface area contributed by atoms with Crippen molar-refractivity contribution in [3.63, 3.8) is 0 Å². The summed E-state index contributed by atoms with van der Waals surface area (Å²) in [6.45, 7) is 2.34. The molecule has 0 spiro atoms. The maximum atomic E-state index is 4.95. The number of hydrogen-bond donors (Lipinski definition) is 0. The molecule has 0 radical (unpaired) electrons. The van der Waals surface area contributed by atoms with Crippen molar-refractivity contribution in [1.29, 1.82) is 0 Å². The van der Waals surface area contributed by atoms with Crippen LogP contribution in [0.25, 0.3) is 17.0 Å². The summed E-state index contributed by atoms with van der Waals surface area (Å²) in [6, 6.07) is 15.5. The van der Waals surface area contributed by atoms with E-state index in [0.717, 1.165) is 28.8 Å². The third-order valence-corrected chi connectivity index (χ3v) is 5.89. The van der Waals surface area contributed by atoms with Gasteiger partial charge in [-0.25, -0.2) is 0 Å². The van der Waals surface area contributed by atoms with Gasteiger partial charge in [-0.2, -0.15) is 4.52 Å². The first-order chi connectivity index (χ1) is 12.3. The van der Waals surface area contributed by atoms with E-state index in [1.807, 2.05) is 28.8 Å². The molecule has 1 aliphatic heterocycles. The van der Waals surface area contributed by atoms with E-state index < -0.39 is 0 Å². The molecular formula is C20H23N5. The molecule has 1 aliphatic carbocycles. The summed E-state index contributed by atoms with van der Waals surface area (Å²) in [4.78, 5) is 2.55. The maximum absolute atomic E-state index is 4.95. The van der Waals surface area contributed by atoms with Crippen LogP contribution in [0.2, 0.25) is 0 Å². The quantitative estimate of drug-likeness (QED) is 0.712. The van der Waals surface area contributed by atoms with E-state index >= 15 is 0 Å². The number of nitrogens with zero attached hydrogens (tertiary/aromatic N) is 5. The van der Waals surface area contributed by atoms with Crippen LogP contribution in [-0.4, -0.2) is 31.9 Å². The van der Waals surface area contributed by atoms with Crippen molar-refractivity contribution >= 4 is 11.5 Å². The van der Waals surface area contributed by atoms with Crippen LogP contribution in [0, 0.1) is 5.92 Å². The minimum Gasteiger partial charge on any atom is -0.349 e. The summed E-state index contributed by atoms with van der Waals surface area (Å²) in [5.74, 6) is 2.70. The summed E-state index contributed by atoms with van der Waals surface area (Å²) in [7, 11) is 0. The molecule has 5 rings (SSSR count). The standard InChI is InChI=1S/C20H23N5/c1-14-13-16-9-5-6-10-17(16)24(14)19-12-11-18-21-22-20(25(18)23-19)15-7-3-2-4-8-15/h2-4,7-8,11-12,14,16-17H,5-6,9-10,13H2,1H3. The Bertz CT molecular complexity index is 887. The minimum absolute atomic E-state index is 0.551. The van der Waals surface area contributed by atoms with Gasteiger partial charge in [0.2, 0.25) is 0 Å². The Hall–Kier alpha value is -2.43. The molecule has 2 aromatic heterocycles. The summed E-state index contributed by atoms with van der Waals surface area (Å²) < 4.78 is 1.90. The van der Waals surface area contributed by atoms with E-state index in [2.05, 4.69) is 40.2 Å². The highest BCUT2D eigenvalue weighted by Crippen LogP contribution is 2.41. The van der Waals surface area contributed by atoms with Gasteiger partial charge in [-0.3, -0.25) is 0 Å².